The summed E-state index contributed by atoms with van der Waals surface area (Å²) in [6.07, 6.45) is 0. The fourth-order valence-corrected chi connectivity index (χ4v) is 5.48. The summed E-state index contributed by atoms with van der Waals surface area (Å²) in [6, 6.07) is 2.89. The largest absolute Gasteiger partial charge is 0.347 e. The van der Waals surface area contributed by atoms with Crippen molar-refractivity contribution in [1.82, 2.24) is 14.1 Å². The summed E-state index contributed by atoms with van der Waals surface area (Å²) in [5, 5.41) is 0. The molecule has 0 aromatic carbocycles. The Labute approximate surface area is 140 Å². The lowest BCUT2D eigenvalue weighted by Crippen LogP contribution is -2.54. The Kier molecular flexibility index (Phi) is 5.50. The summed E-state index contributed by atoms with van der Waals surface area (Å²) < 4.78 is 27.2. The topological polar surface area (TPSA) is 60.9 Å². The molecule has 124 valence electrons. The van der Waals surface area contributed by atoms with Crippen LogP contribution in [0.3, 0.4) is 0 Å². The number of hydrogen-bond donors (Lipinski definition) is 0. The van der Waals surface area contributed by atoms with Crippen LogP contribution in [0.4, 0.5) is 0 Å². The van der Waals surface area contributed by atoms with Gasteiger partial charge in [-0.15, -0.1) is 11.3 Å². The van der Waals surface area contributed by atoms with Gasteiger partial charge in [-0.1, -0.05) is 11.6 Å². The molecule has 1 aliphatic heterocycles. The van der Waals surface area contributed by atoms with E-state index in [0.717, 1.165) is 11.3 Å². The summed E-state index contributed by atoms with van der Waals surface area (Å²) in [5.41, 5.74) is 0. The third-order valence-electron chi connectivity index (χ3n) is 3.76. The Bertz CT molecular complexity index is 637. The Morgan fingerprint density at radius 3 is 2.32 bits per heavy atom. The van der Waals surface area contributed by atoms with E-state index in [4.69, 9.17) is 11.6 Å². The molecule has 0 unspecified atom stereocenters. The van der Waals surface area contributed by atoms with E-state index in [1.54, 1.807) is 25.1 Å². The van der Waals surface area contributed by atoms with Crippen molar-refractivity contribution in [2.75, 3.05) is 40.3 Å². The molecule has 0 bridgehead atoms. The number of sulfonamides is 1. The number of nitrogens with zero attached hydrogens (tertiary/aromatic N) is 3. The SMILES string of the molecule is C[C@H](C(=O)N(C)C)N1CCN(S(=O)(=O)c2ccc(Cl)s2)CC1. The predicted molar refractivity (Wildman–Crippen MR) is 87.8 cm³/mol. The molecule has 1 aromatic rings. The lowest BCUT2D eigenvalue weighted by molar-refractivity contribution is -0.134. The lowest BCUT2D eigenvalue weighted by Gasteiger charge is -2.37. The smallest absolute Gasteiger partial charge is 0.252 e. The third-order valence-corrected chi connectivity index (χ3v) is 7.36. The molecule has 1 amide bonds. The molecule has 1 fully saturated rings. The number of carbonyl (C=O) groups is 1. The normalized spacial score (nSPS) is 19.1. The molecule has 0 N–H and O–H groups in total. The summed E-state index contributed by atoms with van der Waals surface area (Å²) in [5.74, 6) is 0.0290. The van der Waals surface area contributed by atoms with Crippen LogP contribution >= 0.6 is 22.9 Å². The van der Waals surface area contributed by atoms with Crippen molar-refractivity contribution in [3.8, 4) is 0 Å². The van der Waals surface area contributed by atoms with Crippen LogP contribution in [-0.2, 0) is 14.8 Å². The van der Waals surface area contributed by atoms with Gasteiger partial charge < -0.3 is 4.90 Å². The number of piperazine rings is 1. The molecule has 1 atom stereocenters. The summed E-state index contributed by atoms with van der Waals surface area (Å²) in [4.78, 5) is 15.6. The quantitative estimate of drug-likeness (QED) is 0.804. The first kappa shape index (κ1) is 17.7. The molecule has 0 spiro atoms. The average Bonchev–Trinajstić information content (AvgIpc) is 2.93. The van der Waals surface area contributed by atoms with E-state index < -0.39 is 10.0 Å². The van der Waals surface area contributed by atoms with Crippen molar-refractivity contribution in [2.45, 2.75) is 17.2 Å². The highest BCUT2D eigenvalue weighted by molar-refractivity contribution is 7.91. The first-order valence-corrected chi connectivity index (χ1v) is 9.57. The molecule has 0 saturated carbocycles. The monoisotopic (exact) mass is 365 g/mol. The van der Waals surface area contributed by atoms with Gasteiger partial charge in [0.05, 0.1) is 10.4 Å². The van der Waals surface area contributed by atoms with Crippen molar-refractivity contribution in [3.05, 3.63) is 16.5 Å². The first-order chi connectivity index (χ1) is 10.2. The molecular formula is C13H20ClN3O3S2. The first-order valence-electron chi connectivity index (χ1n) is 6.94. The van der Waals surface area contributed by atoms with Gasteiger partial charge in [0.25, 0.3) is 10.0 Å². The Morgan fingerprint density at radius 1 is 1.27 bits per heavy atom. The minimum absolute atomic E-state index is 0.0290. The van der Waals surface area contributed by atoms with Gasteiger partial charge in [0, 0.05) is 40.3 Å². The number of thiophene rings is 1. The standard InChI is InChI=1S/C13H20ClN3O3S2/c1-10(13(18)15(2)3)16-6-8-17(9-7-16)22(19,20)12-5-4-11(14)21-12/h4-5,10H,6-9H2,1-3H3/t10-/m1/s1. The van der Waals surface area contributed by atoms with E-state index in [-0.39, 0.29) is 16.2 Å². The van der Waals surface area contributed by atoms with Crippen LogP contribution in [0.5, 0.6) is 0 Å². The average molecular weight is 366 g/mol. The van der Waals surface area contributed by atoms with Gasteiger partial charge in [-0.2, -0.15) is 4.31 Å². The van der Waals surface area contributed by atoms with Crippen molar-refractivity contribution < 1.29 is 13.2 Å². The summed E-state index contributed by atoms with van der Waals surface area (Å²) >= 11 is 6.89. The summed E-state index contributed by atoms with van der Waals surface area (Å²) in [7, 11) is -0.0369. The summed E-state index contributed by atoms with van der Waals surface area (Å²) in [6.45, 7) is 3.69. The maximum Gasteiger partial charge on any atom is 0.252 e. The lowest BCUT2D eigenvalue weighted by atomic mass is 10.2. The fourth-order valence-electron chi connectivity index (χ4n) is 2.42. The highest BCUT2D eigenvalue weighted by Crippen LogP contribution is 2.28. The van der Waals surface area contributed by atoms with E-state index in [1.807, 2.05) is 11.8 Å². The van der Waals surface area contributed by atoms with Crippen molar-refractivity contribution in [1.29, 1.82) is 0 Å². The maximum atomic E-state index is 12.5. The van der Waals surface area contributed by atoms with E-state index in [9.17, 15) is 13.2 Å². The number of hydrogen-bond acceptors (Lipinski definition) is 5. The molecule has 0 radical (unpaired) electrons. The zero-order chi connectivity index (χ0) is 16.5. The molecule has 2 rings (SSSR count). The van der Waals surface area contributed by atoms with Gasteiger partial charge in [0.1, 0.15) is 4.21 Å². The van der Waals surface area contributed by atoms with Crippen molar-refractivity contribution in [3.63, 3.8) is 0 Å². The van der Waals surface area contributed by atoms with Gasteiger partial charge in [-0.3, -0.25) is 9.69 Å². The van der Waals surface area contributed by atoms with E-state index in [1.165, 1.54) is 10.4 Å². The second kappa shape index (κ2) is 6.84. The van der Waals surface area contributed by atoms with Crippen LogP contribution in [0.1, 0.15) is 6.92 Å². The Balaban J connectivity index is 2.02. The number of amides is 1. The van der Waals surface area contributed by atoms with Crippen LogP contribution in [0.25, 0.3) is 0 Å². The van der Waals surface area contributed by atoms with Gasteiger partial charge in [0.15, 0.2) is 0 Å². The maximum absolute atomic E-state index is 12.5. The van der Waals surface area contributed by atoms with Crippen LogP contribution in [0, 0.1) is 0 Å². The number of rotatable bonds is 4. The Morgan fingerprint density at radius 2 is 1.86 bits per heavy atom. The number of likely N-dealkylation sites (N-methyl/N-ethyl adjacent to an activating group) is 1. The minimum Gasteiger partial charge on any atom is -0.347 e. The zero-order valence-electron chi connectivity index (χ0n) is 12.8. The van der Waals surface area contributed by atoms with Crippen molar-refractivity contribution >= 4 is 38.9 Å². The van der Waals surface area contributed by atoms with Crippen molar-refractivity contribution in [2.24, 2.45) is 0 Å². The van der Waals surface area contributed by atoms with Crippen LogP contribution in [0.15, 0.2) is 16.3 Å². The molecule has 2 heterocycles. The highest BCUT2D eigenvalue weighted by atomic mass is 35.5. The van der Waals surface area contributed by atoms with Gasteiger partial charge in [-0.05, 0) is 19.1 Å². The highest BCUT2D eigenvalue weighted by Gasteiger charge is 2.32. The molecule has 0 aliphatic carbocycles. The van der Waals surface area contributed by atoms with Crippen LogP contribution in [-0.4, -0.2) is 74.7 Å². The second-order valence-electron chi connectivity index (χ2n) is 5.41. The molecule has 1 aliphatic rings. The van der Waals surface area contributed by atoms with Gasteiger partial charge in [0.2, 0.25) is 5.91 Å². The minimum atomic E-state index is -3.48. The van der Waals surface area contributed by atoms with E-state index >= 15 is 0 Å². The van der Waals surface area contributed by atoms with Crippen LogP contribution < -0.4 is 0 Å². The van der Waals surface area contributed by atoms with E-state index in [2.05, 4.69) is 0 Å². The predicted octanol–water partition coefficient (Wildman–Crippen LogP) is 1.18. The number of halogens is 1. The molecular weight excluding hydrogens is 346 g/mol. The van der Waals surface area contributed by atoms with E-state index in [0.29, 0.717) is 30.5 Å². The van der Waals surface area contributed by atoms with Gasteiger partial charge >= 0.3 is 0 Å². The third kappa shape index (κ3) is 3.62. The second-order valence-corrected chi connectivity index (χ2v) is 9.29. The number of carbonyl (C=O) groups excluding carboxylic acids is 1. The zero-order valence-corrected chi connectivity index (χ0v) is 15.2. The molecule has 1 aromatic heterocycles. The molecule has 9 heteroatoms. The molecule has 1 saturated heterocycles. The molecule has 22 heavy (non-hydrogen) atoms. The Hall–Kier alpha value is -0.670. The fraction of sp³-hybridized carbons (Fsp3) is 0.615. The van der Waals surface area contributed by atoms with Gasteiger partial charge in [-0.25, -0.2) is 8.42 Å². The van der Waals surface area contributed by atoms with Crippen LogP contribution in [0.2, 0.25) is 4.34 Å². The molecule has 6 nitrogen and oxygen atoms in total.